The molecule has 0 radical (unpaired) electrons. The molecule has 0 spiro atoms. The predicted molar refractivity (Wildman–Crippen MR) is 89.6 cm³/mol. The standard InChI is InChI=1S/C17H26BrFN2/c1-12(2)13-4-3-8-21(9-7-13)17(11-20)15-10-14(18)5-6-16(15)19/h5-6,10,12-13,17H,3-4,7-9,11,20H2,1-2H3. The van der Waals surface area contributed by atoms with E-state index in [1.165, 1.54) is 25.3 Å². The van der Waals surface area contributed by atoms with E-state index < -0.39 is 0 Å². The molecule has 0 saturated carbocycles. The molecule has 118 valence electrons. The van der Waals surface area contributed by atoms with Crippen LogP contribution in [0.1, 0.15) is 44.7 Å². The molecule has 1 aliphatic rings. The van der Waals surface area contributed by atoms with E-state index in [0.29, 0.717) is 6.54 Å². The van der Waals surface area contributed by atoms with Gasteiger partial charge in [-0.2, -0.15) is 0 Å². The van der Waals surface area contributed by atoms with E-state index >= 15 is 0 Å². The number of likely N-dealkylation sites (tertiary alicyclic amines) is 1. The largest absolute Gasteiger partial charge is 0.329 e. The summed E-state index contributed by atoms with van der Waals surface area (Å²) >= 11 is 3.44. The first-order valence-electron chi connectivity index (χ1n) is 7.92. The highest BCUT2D eigenvalue weighted by Crippen LogP contribution is 2.31. The summed E-state index contributed by atoms with van der Waals surface area (Å²) in [5, 5.41) is 0. The number of hydrogen-bond donors (Lipinski definition) is 1. The topological polar surface area (TPSA) is 29.3 Å². The quantitative estimate of drug-likeness (QED) is 0.868. The fourth-order valence-corrected chi connectivity index (χ4v) is 3.74. The molecule has 1 heterocycles. The van der Waals surface area contributed by atoms with Gasteiger partial charge in [0.05, 0.1) is 0 Å². The van der Waals surface area contributed by atoms with Crippen molar-refractivity contribution in [2.24, 2.45) is 17.6 Å². The molecule has 1 fully saturated rings. The normalized spacial score (nSPS) is 22.3. The molecule has 1 aliphatic heterocycles. The molecule has 2 nitrogen and oxygen atoms in total. The van der Waals surface area contributed by atoms with Crippen molar-refractivity contribution in [2.75, 3.05) is 19.6 Å². The summed E-state index contributed by atoms with van der Waals surface area (Å²) in [6, 6.07) is 5.12. The summed E-state index contributed by atoms with van der Waals surface area (Å²) in [5.41, 5.74) is 6.69. The van der Waals surface area contributed by atoms with E-state index in [0.717, 1.165) is 35.0 Å². The molecule has 0 amide bonds. The summed E-state index contributed by atoms with van der Waals surface area (Å²) in [5.74, 6) is 1.35. The third-order valence-electron chi connectivity index (χ3n) is 4.73. The van der Waals surface area contributed by atoms with Crippen molar-refractivity contribution in [1.82, 2.24) is 4.90 Å². The molecule has 0 aliphatic carbocycles. The lowest BCUT2D eigenvalue weighted by Crippen LogP contribution is -2.35. The molecular weight excluding hydrogens is 331 g/mol. The number of rotatable bonds is 4. The molecule has 0 bridgehead atoms. The van der Waals surface area contributed by atoms with Crippen LogP contribution in [0.5, 0.6) is 0 Å². The van der Waals surface area contributed by atoms with Crippen LogP contribution in [-0.2, 0) is 0 Å². The lowest BCUT2D eigenvalue weighted by molar-refractivity contribution is 0.200. The van der Waals surface area contributed by atoms with Gasteiger partial charge >= 0.3 is 0 Å². The Balaban J connectivity index is 2.15. The van der Waals surface area contributed by atoms with Gasteiger partial charge in [-0.05, 0) is 62.4 Å². The van der Waals surface area contributed by atoms with Crippen LogP contribution in [-0.4, -0.2) is 24.5 Å². The third kappa shape index (κ3) is 4.27. The predicted octanol–water partition coefficient (Wildman–Crippen LogP) is 4.35. The fourth-order valence-electron chi connectivity index (χ4n) is 3.37. The molecule has 1 aromatic carbocycles. The maximum Gasteiger partial charge on any atom is 0.128 e. The van der Waals surface area contributed by atoms with Crippen LogP contribution in [0.25, 0.3) is 0 Å². The second-order valence-corrected chi connectivity index (χ2v) is 7.30. The minimum Gasteiger partial charge on any atom is -0.329 e. The minimum absolute atomic E-state index is 0.0200. The molecule has 1 aromatic rings. The second kappa shape index (κ2) is 7.70. The van der Waals surface area contributed by atoms with Gasteiger partial charge in [0.2, 0.25) is 0 Å². The van der Waals surface area contributed by atoms with Crippen LogP contribution in [0.3, 0.4) is 0 Å². The van der Waals surface area contributed by atoms with Crippen molar-refractivity contribution in [3.8, 4) is 0 Å². The fraction of sp³-hybridized carbons (Fsp3) is 0.647. The van der Waals surface area contributed by atoms with Crippen LogP contribution in [0, 0.1) is 17.7 Å². The Morgan fingerprint density at radius 1 is 1.33 bits per heavy atom. The number of halogens is 2. The van der Waals surface area contributed by atoms with Gasteiger partial charge in [-0.15, -0.1) is 0 Å². The Bertz CT molecular complexity index is 464. The first-order valence-corrected chi connectivity index (χ1v) is 8.71. The molecule has 2 N–H and O–H groups in total. The zero-order valence-corrected chi connectivity index (χ0v) is 14.6. The number of nitrogens with zero attached hydrogens (tertiary/aromatic N) is 1. The van der Waals surface area contributed by atoms with Crippen molar-refractivity contribution < 1.29 is 4.39 Å². The van der Waals surface area contributed by atoms with Crippen LogP contribution < -0.4 is 5.73 Å². The Hall–Kier alpha value is -0.450. The summed E-state index contributed by atoms with van der Waals surface area (Å²) < 4.78 is 15.1. The maximum absolute atomic E-state index is 14.2. The molecule has 4 heteroatoms. The average Bonchev–Trinajstić information content (AvgIpc) is 2.70. The van der Waals surface area contributed by atoms with Crippen LogP contribution in [0.15, 0.2) is 22.7 Å². The summed E-state index contributed by atoms with van der Waals surface area (Å²) in [4.78, 5) is 2.37. The molecule has 2 atom stereocenters. The van der Waals surface area contributed by atoms with E-state index in [1.54, 1.807) is 6.07 Å². The zero-order valence-electron chi connectivity index (χ0n) is 13.0. The Morgan fingerprint density at radius 3 is 2.76 bits per heavy atom. The van der Waals surface area contributed by atoms with Gasteiger partial charge in [-0.3, -0.25) is 4.90 Å². The lowest BCUT2D eigenvalue weighted by Gasteiger charge is -2.30. The number of nitrogens with two attached hydrogens (primary N) is 1. The van der Waals surface area contributed by atoms with Gasteiger partial charge in [-0.1, -0.05) is 29.8 Å². The highest BCUT2D eigenvalue weighted by atomic mass is 79.9. The Kier molecular flexibility index (Phi) is 6.20. The first kappa shape index (κ1) is 16.9. The van der Waals surface area contributed by atoms with Gasteiger partial charge in [0, 0.05) is 22.6 Å². The van der Waals surface area contributed by atoms with Gasteiger partial charge in [0.15, 0.2) is 0 Å². The Morgan fingerprint density at radius 2 is 2.10 bits per heavy atom. The average molecular weight is 357 g/mol. The van der Waals surface area contributed by atoms with E-state index in [2.05, 4.69) is 34.7 Å². The van der Waals surface area contributed by atoms with E-state index in [-0.39, 0.29) is 11.9 Å². The SMILES string of the molecule is CC(C)C1CCCN(C(CN)c2cc(Br)ccc2F)CC1. The van der Waals surface area contributed by atoms with E-state index in [9.17, 15) is 4.39 Å². The van der Waals surface area contributed by atoms with E-state index in [1.807, 2.05) is 6.07 Å². The lowest BCUT2D eigenvalue weighted by atomic mass is 9.89. The third-order valence-corrected chi connectivity index (χ3v) is 5.22. The van der Waals surface area contributed by atoms with Crippen LogP contribution in [0.2, 0.25) is 0 Å². The summed E-state index contributed by atoms with van der Waals surface area (Å²) in [7, 11) is 0. The van der Waals surface area contributed by atoms with Crippen molar-refractivity contribution in [1.29, 1.82) is 0 Å². The zero-order chi connectivity index (χ0) is 15.4. The van der Waals surface area contributed by atoms with Gasteiger partial charge in [-0.25, -0.2) is 4.39 Å². The molecule has 2 rings (SSSR count). The van der Waals surface area contributed by atoms with Gasteiger partial charge in [0.1, 0.15) is 5.82 Å². The van der Waals surface area contributed by atoms with Gasteiger partial charge in [0.25, 0.3) is 0 Å². The Labute approximate surface area is 136 Å². The first-order chi connectivity index (χ1) is 10.0. The van der Waals surface area contributed by atoms with Crippen molar-refractivity contribution in [3.63, 3.8) is 0 Å². The molecule has 21 heavy (non-hydrogen) atoms. The molecular formula is C17H26BrFN2. The highest BCUT2D eigenvalue weighted by Gasteiger charge is 2.26. The van der Waals surface area contributed by atoms with Crippen LogP contribution in [0.4, 0.5) is 4.39 Å². The highest BCUT2D eigenvalue weighted by molar-refractivity contribution is 9.10. The second-order valence-electron chi connectivity index (χ2n) is 6.39. The number of benzene rings is 1. The van der Waals surface area contributed by atoms with E-state index in [4.69, 9.17) is 5.73 Å². The monoisotopic (exact) mass is 356 g/mol. The molecule has 2 unspecified atom stereocenters. The maximum atomic E-state index is 14.2. The van der Waals surface area contributed by atoms with Crippen LogP contribution >= 0.6 is 15.9 Å². The number of hydrogen-bond acceptors (Lipinski definition) is 2. The molecule has 0 aromatic heterocycles. The summed E-state index contributed by atoms with van der Waals surface area (Å²) in [6.07, 6.45) is 3.63. The van der Waals surface area contributed by atoms with Gasteiger partial charge < -0.3 is 5.73 Å². The molecule has 1 saturated heterocycles. The van der Waals surface area contributed by atoms with Crippen molar-refractivity contribution >= 4 is 15.9 Å². The minimum atomic E-state index is -0.154. The summed E-state index contributed by atoms with van der Waals surface area (Å²) in [6.45, 7) is 7.08. The van der Waals surface area contributed by atoms with Crippen molar-refractivity contribution in [3.05, 3.63) is 34.1 Å². The smallest absolute Gasteiger partial charge is 0.128 e. The van der Waals surface area contributed by atoms with Crippen molar-refractivity contribution in [2.45, 2.75) is 39.2 Å².